The molecule has 10 aliphatic carbocycles. The van der Waals surface area contributed by atoms with E-state index in [1.165, 1.54) is 78.6 Å². The monoisotopic (exact) mass is 1560 g/mol. The van der Waals surface area contributed by atoms with E-state index >= 15 is 4.79 Å². The molecule has 111 heavy (non-hydrogen) atoms. The van der Waals surface area contributed by atoms with Gasteiger partial charge in [0.2, 0.25) is 0 Å². The lowest BCUT2D eigenvalue weighted by atomic mass is 9.41. The third kappa shape index (κ3) is 13.6. The zero-order chi connectivity index (χ0) is 78.9. The van der Waals surface area contributed by atoms with Gasteiger partial charge in [0.05, 0.1) is 80.7 Å². The number of methoxy groups -OCH3 is 2. The summed E-state index contributed by atoms with van der Waals surface area (Å²) >= 11 is 0. The molecule has 7 heterocycles. The number of aliphatic hydroxyl groups is 2. The molecule has 0 bridgehead atoms. The second-order valence-corrected chi connectivity index (χ2v) is 42.2. The van der Waals surface area contributed by atoms with Crippen LogP contribution < -0.4 is 5.73 Å². The Kier molecular flexibility index (Phi) is 23.3. The largest absolute Gasteiger partial charge is 0.457 e. The summed E-state index contributed by atoms with van der Waals surface area (Å²) in [4.78, 5) is 62.0. The normalized spacial score (nSPS) is 46.1. The van der Waals surface area contributed by atoms with Crippen LogP contribution in [0.25, 0.3) is 0 Å². The molecular weight excluding hydrogens is 1410 g/mol. The van der Waals surface area contributed by atoms with Crippen molar-refractivity contribution in [1.29, 1.82) is 0 Å². The van der Waals surface area contributed by atoms with E-state index in [1.54, 1.807) is 41.9 Å². The summed E-state index contributed by atoms with van der Waals surface area (Å²) in [7, 11) is 3.19. The molecule has 22 nitrogen and oxygen atoms in total. The molecule has 0 aromatic heterocycles. The number of carbonyl (C=O) groups is 4. The smallest absolute Gasteiger partial charge is 0.303 e. The van der Waals surface area contributed by atoms with E-state index in [0.717, 1.165) is 123 Å². The van der Waals surface area contributed by atoms with E-state index in [0.29, 0.717) is 60.7 Å². The topological polar surface area (TPSA) is 255 Å². The number of esters is 2. The number of rotatable bonds is 17. The molecule has 2 unspecified atom stereocenters. The number of fused-ring (bicyclic) bond motifs is 8. The maximum Gasteiger partial charge on any atom is 0.303 e. The summed E-state index contributed by atoms with van der Waals surface area (Å²) in [5, 5.41) is 22.0. The lowest BCUT2D eigenvalue weighted by molar-refractivity contribution is -0.335. The Balaban J connectivity index is 0.000000162. The number of hydrogen-bond acceptors (Lipinski definition) is 22. The predicted molar refractivity (Wildman–Crippen MR) is 418 cm³/mol. The average Bonchev–Trinajstić information content (AvgIpc) is 1.46. The van der Waals surface area contributed by atoms with Crippen LogP contribution in [0.5, 0.6) is 0 Å². The molecule has 22 heteroatoms. The number of likely N-dealkylation sites (tertiary alicyclic amines) is 2. The highest BCUT2D eigenvalue weighted by Crippen LogP contribution is 2.91. The Labute approximate surface area is 665 Å². The highest BCUT2D eigenvalue weighted by Gasteiger charge is 2.87. The third-order valence-electron chi connectivity index (χ3n) is 35.7. The molecule has 17 rings (SSSR count). The maximum absolute atomic E-state index is 15.1. The van der Waals surface area contributed by atoms with Gasteiger partial charge in [0.25, 0.3) is 6.48 Å². The van der Waals surface area contributed by atoms with Gasteiger partial charge < -0.3 is 72.8 Å². The second kappa shape index (κ2) is 30.4. The first-order valence-electron chi connectivity index (χ1n) is 43.6. The van der Waals surface area contributed by atoms with Gasteiger partial charge in [-0.05, 0) is 235 Å². The molecule has 7 aliphatic heterocycles. The van der Waals surface area contributed by atoms with Crippen LogP contribution in [0.15, 0.2) is 0 Å². The zero-order valence-corrected chi connectivity index (χ0v) is 70.7. The van der Waals surface area contributed by atoms with Crippen LogP contribution in [-0.4, -0.2) is 239 Å². The number of Topliss-reactive ketones (excluding diaryl/α,β-unsaturated/α-hetero) is 2. The van der Waals surface area contributed by atoms with Gasteiger partial charge in [0.15, 0.2) is 36.9 Å². The quantitative estimate of drug-likeness (QED) is 0.0903. The Morgan fingerprint density at radius 3 is 1.40 bits per heavy atom. The molecule has 0 radical (unpaired) electrons. The highest BCUT2D eigenvalue weighted by atomic mass is 16.9. The summed E-state index contributed by atoms with van der Waals surface area (Å²) < 4.78 is 71.5. The van der Waals surface area contributed by atoms with Crippen molar-refractivity contribution in [3.63, 3.8) is 0 Å². The van der Waals surface area contributed by atoms with Gasteiger partial charge in [0, 0.05) is 102 Å². The number of hydrogen-bond donors (Lipinski definition) is 3. The van der Waals surface area contributed by atoms with Gasteiger partial charge in [-0.2, -0.15) is 0 Å². The Hall–Kier alpha value is -2.36. The van der Waals surface area contributed by atoms with Crippen LogP contribution in [0.3, 0.4) is 0 Å². The number of nitrogens with zero attached hydrogens (tertiary/aromatic N) is 3. The second-order valence-electron chi connectivity index (χ2n) is 42.2. The highest BCUT2D eigenvalue weighted by molar-refractivity contribution is 5.94. The summed E-state index contributed by atoms with van der Waals surface area (Å²) in [6.45, 7) is 43.3. The molecule has 4 spiro atoms. The van der Waals surface area contributed by atoms with E-state index in [1.807, 2.05) is 0 Å². The van der Waals surface area contributed by atoms with Crippen LogP contribution in [0.2, 0.25) is 0 Å². The molecule has 4 N–H and O–H groups in total. The molecule has 7 saturated heterocycles. The van der Waals surface area contributed by atoms with E-state index in [2.05, 4.69) is 83.9 Å². The third-order valence-corrected chi connectivity index (χ3v) is 35.7. The molecule has 0 aromatic carbocycles. The minimum absolute atomic E-state index is 0. The Morgan fingerprint density at radius 2 is 0.982 bits per heavy atom. The number of carbonyl (C=O) groups excluding carboxylic acids is 4. The number of ether oxygens (including phenoxy) is 12. The van der Waals surface area contributed by atoms with Crippen LogP contribution in [0, 0.1) is 101 Å². The standard InChI is InChI=1S/C44H70N2O8.C36H58O9.C8H16N2O.CH4/c1-26-21-30(38(40(5,6)49)52-27(2)47)53-36-35(26)41(7)15-16-44-25-43(44)14-11-33(39(3,4)31(43)9-10-32(44)42(41,8)37(36)48)54-34-22-46(19-20-51-34)28-12-17-45(18-13-28)29-23-50-24-29;1-20-17-22(29(32(5,6)39)43-21(2)37)44-27-26(20)33(7)15-16-36-18-35(36)14-13-25(45-30(41-10)42-19-40-9)31(3,4)23(35)11-12-24(36)34(33,8)28(27)38;9-7-1-3-10(4-2-7)8-5-11-6-8;/h26,28-36,38,49H,9-25H2,1-8H3;20,22-27,29-30,39H,11-19H2,1-10H3;7-8H,1-6,9H2;1H4/t26-,30-,31+,32+,33+,34+,35+,36+,38+,41-,42-,43?,44+;20-,22-,23+,24+,25+,26+,27+,29+,30+,33-,34-,35?,36+;;/m11../s1. The average molecular weight is 1560 g/mol. The SMILES string of the molecule is C.CC(=O)O[C@@H]([C@H]1C[C@@H](C)[C@H]2[C@H](O1)C(=O)[C@@]1(C)[C@@H]3CC[C@H]4C(C)(C)[C@@H](O[C@H]5CN(C6CCN(C7COC7)CC6)CCO5)CCC45C[C@@]35CC[C@]21C)C(C)(C)O.COCO[C@H](OC)O[C@H]1CCC23C[C@]24CC[C@]2(C)[C@H]5[C@H](C)C[C@H]([C@H](OC(C)=O)C(C)(C)O)O[C@@H]5C(=O)[C@@]2(C)[C@@H]4CC[C@H]3C1(C)C.NC1CCN(C2COC2)CC1. The van der Waals surface area contributed by atoms with Crippen molar-refractivity contribution >= 4 is 23.5 Å². The lowest BCUT2D eigenvalue weighted by Gasteiger charge is -2.62. The van der Waals surface area contributed by atoms with E-state index < -0.39 is 77.1 Å². The van der Waals surface area contributed by atoms with E-state index in [4.69, 9.17) is 62.6 Å². The van der Waals surface area contributed by atoms with Gasteiger partial charge in [0.1, 0.15) is 12.2 Å². The van der Waals surface area contributed by atoms with E-state index in [9.17, 15) is 24.6 Å². The number of piperidine rings is 2. The summed E-state index contributed by atoms with van der Waals surface area (Å²) in [6.07, 6.45) is 17.8. The van der Waals surface area contributed by atoms with Crippen molar-refractivity contribution in [2.75, 3.05) is 93.3 Å². The fourth-order valence-corrected chi connectivity index (χ4v) is 30.0. The Morgan fingerprint density at radius 1 is 0.559 bits per heavy atom. The molecule has 0 amide bonds. The summed E-state index contributed by atoms with van der Waals surface area (Å²) in [5.74, 6) is 1.99. The molecule has 10 saturated carbocycles. The number of morpholine rings is 1. The van der Waals surface area contributed by atoms with Crippen molar-refractivity contribution in [3.8, 4) is 0 Å². The molecule has 26 atom stereocenters. The Bertz CT molecular complexity index is 3360. The minimum atomic E-state index is -1.29. The molecule has 17 fully saturated rings. The van der Waals surface area contributed by atoms with Gasteiger partial charge in [-0.25, -0.2) is 0 Å². The molecular formula is C89H148N4O18. The lowest BCUT2D eigenvalue weighted by Crippen LogP contribution is -2.60. The van der Waals surface area contributed by atoms with Crippen molar-refractivity contribution in [2.24, 2.45) is 107 Å². The number of ketones is 2. The van der Waals surface area contributed by atoms with Gasteiger partial charge >= 0.3 is 11.9 Å². The van der Waals surface area contributed by atoms with Crippen LogP contribution in [0.4, 0.5) is 0 Å². The van der Waals surface area contributed by atoms with Gasteiger partial charge in [-0.1, -0.05) is 76.7 Å². The number of nitrogens with two attached hydrogens (primary N) is 1. The maximum atomic E-state index is 15.1. The van der Waals surface area contributed by atoms with Gasteiger partial charge in [-0.15, -0.1) is 0 Å². The molecule has 17 aliphatic rings. The van der Waals surface area contributed by atoms with E-state index in [-0.39, 0.29) is 111 Å². The van der Waals surface area contributed by atoms with Gasteiger partial charge in [-0.3, -0.25) is 33.9 Å². The van der Waals surface area contributed by atoms with Crippen LogP contribution >= 0.6 is 0 Å². The van der Waals surface area contributed by atoms with Crippen molar-refractivity contribution < 1.29 is 86.2 Å². The molecule has 0 aromatic rings. The van der Waals surface area contributed by atoms with Crippen LogP contribution in [-0.2, 0) is 76.0 Å². The fraction of sp³-hybridized carbons (Fsp3) is 0.955. The first kappa shape index (κ1) is 85.1. The predicted octanol–water partition coefficient (Wildman–Crippen LogP) is 11.7. The van der Waals surface area contributed by atoms with Crippen LogP contribution in [0.1, 0.15) is 247 Å². The first-order chi connectivity index (χ1) is 51.8. The van der Waals surface area contributed by atoms with Crippen molar-refractivity contribution in [2.45, 2.75) is 344 Å². The summed E-state index contributed by atoms with van der Waals surface area (Å²) in [5.41, 5.74) is 2.76. The summed E-state index contributed by atoms with van der Waals surface area (Å²) in [6, 6.07) is 2.40. The van der Waals surface area contributed by atoms with Crippen molar-refractivity contribution in [1.82, 2.24) is 14.7 Å². The van der Waals surface area contributed by atoms with Crippen molar-refractivity contribution in [3.05, 3.63) is 0 Å². The first-order valence-corrected chi connectivity index (χ1v) is 43.6. The fourth-order valence-electron chi connectivity index (χ4n) is 30.0. The minimum Gasteiger partial charge on any atom is -0.457 e. The molecule has 632 valence electrons. The zero-order valence-electron chi connectivity index (χ0n) is 70.7.